The van der Waals surface area contributed by atoms with Gasteiger partial charge in [-0.05, 0) is 32.4 Å². The molecule has 1 amide bonds. The van der Waals surface area contributed by atoms with Crippen LogP contribution in [0, 0.1) is 0 Å². The minimum absolute atomic E-state index is 0.0691. The summed E-state index contributed by atoms with van der Waals surface area (Å²) < 4.78 is 48.7. The second-order valence-corrected chi connectivity index (χ2v) is 8.86. The molecule has 0 heterocycles. The number of halogens is 3. The molecule has 0 radical (unpaired) electrons. The van der Waals surface area contributed by atoms with Gasteiger partial charge >= 0.3 is 19.4 Å². The monoisotopic (exact) mass is 444 g/mol. The Kier molecular flexibility index (Phi) is 7.12. The summed E-state index contributed by atoms with van der Waals surface area (Å²) in [6, 6.07) is 3.67. The first-order valence-electron chi connectivity index (χ1n) is 7.07. The summed E-state index contributed by atoms with van der Waals surface area (Å²) in [7, 11) is -4.41. The lowest BCUT2D eigenvalue weighted by atomic mass is 10.1. The minimum atomic E-state index is -5.15. The molecule has 1 atom stereocenters. The molecule has 0 saturated carbocycles. The number of amides is 1. The van der Waals surface area contributed by atoms with Crippen molar-refractivity contribution in [3.8, 4) is 0 Å². The highest BCUT2D eigenvalue weighted by atomic mass is 79.9. The van der Waals surface area contributed by atoms with Gasteiger partial charge in [0, 0.05) is 23.7 Å². The highest BCUT2D eigenvalue weighted by Crippen LogP contribution is 2.63. The van der Waals surface area contributed by atoms with Crippen LogP contribution in [0.15, 0.2) is 22.7 Å². The SMILES string of the molecule is COP(=O)(O)C(F)(F)c1ccc(CNNC(=O)OC(C)(C)C)cc1Br. The van der Waals surface area contributed by atoms with Crippen LogP contribution in [0.3, 0.4) is 0 Å². The predicted octanol–water partition coefficient (Wildman–Crippen LogP) is 3.86. The summed E-state index contributed by atoms with van der Waals surface area (Å²) in [5.41, 5.74) is 0.0341. The summed E-state index contributed by atoms with van der Waals surface area (Å²) >= 11 is 2.96. The lowest BCUT2D eigenvalue weighted by Gasteiger charge is -2.22. The molecule has 1 aromatic rings. The predicted molar refractivity (Wildman–Crippen MR) is 91.1 cm³/mol. The van der Waals surface area contributed by atoms with Crippen LogP contribution in [0.4, 0.5) is 13.6 Å². The number of carbonyl (C=O) groups excluding carboxylic acids is 1. The molecule has 25 heavy (non-hydrogen) atoms. The van der Waals surface area contributed by atoms with Crippen molar-refractivity contribution in [2.75, 3.05) is 7.11 Å². The van der Waals surface area contributed by atoms with E-state index >= 15 is 0 Å². The van der Waals surface area contributed by atoms with Crippen molar-refractivity contribution < 1.29 is 32.3 Å². The summed E-state index contributed by atoms with van der Waals surface area (Å²) in [5.74, 6) is 0. The van der Waals surface area contributed by atoms with Gasteiger partial charge < -0.3 is 14.2 Å². The zero-order valence-electron chi connectivity index (χ0n) is 14.1. The smallest absolute Gasteiger partial charge is 0.422 e. The van der Waals surface area contributed by atoms with Gasteiger partial charge in [0.2, 0.25) is 0 Å². The second-order valence-electron chi connectivity index (χ2n) is 6.04. The van der Waals surface area contributed by atoms with E-state index in [1.165, 1.54) is 12.1 Å². The number of rotatable bonds is 6. The molecule has 1 unspecified atom stereocenters. The fourth-order valence-corrected chi connectivity index (χ4v) is 3.26. The maximum absolute atomic E-state index is 14.1. The zero-order valence-corrected chi connectivity index (χ0v) is 16.6. The molecule has 0 aliphatic rings. The lowest BCUT2D eigenvalue weighted by Crippen LogP contribution is -2.40. The van der Waals surface area contributed by atoms with Crippen molar-refractivity contribution in [3.05, 3.63) is 33.8 Å². The molecule has 0 aromatic heterocycles. The van der Waals surface area contributed by atoms with Gasteiger partial charge in [-0.1, -0.05) is 28.1 Å². The van der Waals surface area contributed by atoms with Crippen LogP contribution in [-0.2, 0) is 26.0 Å². The summed E-state index contributed by atoms with van der Waals surface area (Å²) in [6.07, 6.45) is -0.684. The van der Waals surface area contributed by atoms with E-state index in [1.54, 1.807) is 20.8 Å². The molecule has 11 heteroatoms. The first-order chi connectivity index (χ1) is 11.3. The third-order valence-electron chi connectivity index (χ3n) is 2.84. The zero-order chi connectivity index (χ0) is 19.5. The van der Waals surface area contributed by atoms with Crippen molar-refractivity contribution in [2.45, 2.75) is 38.6 Å². The Morgan fingerprint density at radius 3 is 2.44 bits per heavy atom. The molecule has 0 bridgehead atoms. The third-order valence-corrected chi connectivity index (χ3v) is 4.94. The summed E-state index contributed by atoms with van der Waals surface area (Å²) in [6.45, 7) is 5.25. The van der Waals surface area contributed by atoms with Gasteiger partial charge in [-0.3, -0.25) is 9.99 Å². The van der Waals surface area contributed by atoms with Crippen molar-refractivity contribution in [1.82, 2.24) is 10.9 Å². The highest BCUT2D eigenvalue weighted by Gasteiger charge is 2.53. The Balaban J connectivity index is 2.77. The maximum atomic E-state index is 14.1. The topological polar surface area (TPSA) is 96.9 Å². The number of hydrogen-bond acceptors (Lipinski definition) is 5. The quantitative estimate of drug-likeness (QED) is 0.455. The van der Waals surface area contributed by atoms with Gasteiger partial charge in [0.15, 0.2) is 0 Å². The molecular formula is C14H20BrF2N2O5P. The molecule has 0 spiro atoms. The number of nitrogens with one attached hydrogen (secondary N) is 2. The van der Waals surface area contributed by atoms with Gasteiger partial charge in [-0.2, -0.15) is 8.78 Å². The maximum Gasteiger partial charge on any atom is 0.422 e. The molecule has 0 aliphatic carbocycles. The van der Waals surface area contributed by atoms with E-state index in [1.807, 2.05) is 0 Å². The normalized spacial score (nSPS) is 14.7. The second kappa shape index (κ2) is 8.09. The van der Waals surface area contributed by atoms with Crippen LogP contribution in [0.25, 0.3) is 0 Å². The Hall–Kier alpha value is -1.06. The van der Waals surface area contributed by atoms with Crippen molar-refractivity contribution >= 4 is 29.6 Å². The summed E-state index contributed by atoms with van der Waals surface area (Å²) in [5, 5.41) is 0. The fourth-order valence-electron chi connectivity index (χ4n) is 1.70. The fraction of sp³-hybridized carbons (Fsp3) is 0.500. The Morgan fingerprint density at radius 2 is 1.96 bits per heavy atom. The number of benzene rings is 1. The number of carbonyl (C=O) groups is 1. The van der Waals surface area contributed by atoms with Crippen molar-refractivity contribution in [3.63, 3.8) is 0 Å². The van der Waals surface area contributed by atoms with Crippen LogP contribution >= 0.6 is 23.5 Å². The molecule has 0 fully saturated rings. The number of ether oxygens (including phenoxy) is 1. The molecular weight excluding hydrogens is 425 g/mol. The van der Waals surface area contributed by atoms with Crippen LogP contribution in [0.2, 0.25) is 0 Å². The first-order valence-corrected chi connectivity index (χ1v) is 9.44. The average molecular weight is 445 g/mol. The standard InChI is InChI=1S/C14H20BrF2N2O5P/c1-13(2,3)24-12(20)19-18-8-9-5-6-10(11(15)7-9)14(16,17)25(21,22)23-4/h5-7,18H,8H2,1-4H3,(H,19,20)(H,21,22). The van der Waals surface area contributed by atoms with Crippen LogP contribution < -0.4 is 10.9 Å². The molecule has 0 aliphatic heterocycles. The average Bonchev–Trinajstić information content (AvgIpc) is 2.44. The van der Waals surface area contributed by atoms with E-state index < -0.39 is 30.5 Å². The Morgan fingerprint density at radius 1 is 1.36 bits per heavy atom. The van der Waals surface area contributed by atoms with Crippen LogP contribution in [-0.4, -0.2) is 23.7 Å². The highest BCUT2D eigenvalue weighted by molar-refractivity contribution is 9.10. The molecule has 142 valence electrons. The van der Waals surface area contributed by atoms with Crippen LogP contribution in [0.5, 0.6) is 0 Å². The van der Waals surface area contributed by atoms with Gasteiger partial charge in [0.05, 0.1) is 0 Å². The van der Waals surface area contributed by atoms with E-state index in [0.29, 0.717) is 5.56 Å². The molecule has 1 rings (SSSR count). The van der Waals surface area contributed by atoms with E-state index in [0.717, 1.165) is 13.2 Å². The number of hydrogen-bond donors (Lipinski definition) is 3. The lowest BCUT2D eigenvalue weighted by molar-refractivity contribution is 0.0497. The molecule has 3 N–H and O–H groups in total. The van der Waals surface area contributed by atoms with E-state index in [-0.39, 0.29) is 11.0 Å². The molecule has 1 aromatic carbocycles. The minimum Gasteiger partial charge on any atom is -0.443 e. The number of alkyl halides is 2. The van der Waals surface area contributed by atoms with Gasteiger partial charge in [0.1, 0.15) is 5.60 Å². The third kappa shape index (κ3) is 6.00. The summed E-state index contributed by atoms with van der Waals surface area (Å²) in [4.78, 5) is 20.8. The molecule has 0 saturated heterocycles. The Labute approximate surface area is 152 Å². The van der Waals surface area contributed by atoms with Gasteiger partial charge in [-0.25, -0.2) is 10.2 Å². The first kappa shape index (κ1) is 22.0. The molecule has 7 nitrogen and oxygen atoms in total. The van der Waals surface area contributed by atoms with Crippen LogP contribution in [0.1, 0.15) is 31.9 Å². The largest absolute Gasteiger partial charge is 0.443 e. The Bertz CT molecular complexity index is 682. The number of hydrazine groups is 1. The van der Waals surface area contributed by atoms with E-state index in [2.05, 4.69) is 31.3 Å². The van der Waals surface area contributed by atoms with Crippen molar-refractivity contribution in [2.24, 2.45) is 0 Å². The van der Waals surface area contributed by atoms with Gasteiger partial charge in [-0.15, -0.1) is 0 Å². The van der Waals surface area contributed by atoms with E-state index in [9.17, 15) is 23.0 Å². The van der Waals surface area contributed by atoms with Gasteiger partial charge in [0.25, 0.3) is 0 Å². The van der Waals surface area contributed by atoms with E-state index in [4.69, 9.17) is 4.74 Å². The van der Waals surface area contributed by atoms with Crippen molar-refractivity contribution in [1.29, 1.82) is 0 Å².